The van der Waals surface area contributed by atoms with Gasteiger partial charge in [0.25, 0.3) is 0 Å². The summed E-state index contributed by atoms with van der Waals surface area (Å²) in [7, 11) is 0. The maximum atomic E-state index is 12.9. The summed E-state index contributed by atoms with van der Waals surface area (Å²) in [5.41, 5.74) is 0. The fourth-order valence-corrected chi connectivity index (χ4v) is 9.28. The molecule has 0 fully saturated rings. The Morgan fingerprint density at radius 1 is 0.266 bits per heavy atom. The molecule has 0 heterocycles. The molecule has 0 aliphatic heterocycles. The van der Waals surface area contributed by atoms with Gasteiger partial charge in [-0.2, -0.15) is 0 Å². The van der Waals surface area contributed by atoms with Crippen LogP contribution in [-0.4, -0.2) is 37.2 Å². The van der Waals surface area contributed by atoms with Crippen molar-refractivity contribution in [3.05, 3.63) is 109 Å². The lowest BCUT2D eigenvalue weighted by Crippen LogP contribution is -2.30. The third-order valence-electron chi connectivity index (χ3n) is 14.3. The van der Waals surface area contributed by atoms with Crippen LogP contribution in [0.4, 0.5) is 0 Å². The van der Waals surface area contributed by atoms with E-state index in [1.54, 1.807) is 0 Å². The van der Waals surface area contributed by atoms with Crippen LogP contribution < -0.4 is 0 Å². The van der Waals surface area contributed by atoms with Crippen molar-refractivity contribution in [2.75, 3.05) is 13.2 Å². The molecule has 1 atom stereocenters. The largest absolute Gasteiger partial charge is 0.462 e. The number of carbonyl (C=O) groups excluding carboxylic acids is 3. The lowest BCUT2D eigenvalue weighted by atomic mass is 10.0. The van der Waals surface area contributed by atoms with E-state index in [9.17, 15) is 14.4 Å². The quantitative estimate of drug-likeness (QED) is 0.0261. The Morgan fingerprint density at radius 3 is 0.772 bits per heavy atom. The Morgan fingerprint density at radius 2 is 0.494 bits per heavy atom. The van der Waals surface area contributed by atoms with Crippen LogP contribution in [-0.2, 0) is 28.6 Å². The molecule has 0 aromatic rings. The molecule has 0 aliphatic rings. The van der Waals surface area contributed by atoms with Gasteiger partial charge in [-0.15, -0.1) is 0 Å². The molecule has 0 radical (unpaired) electrons. The molecular formula is C73H124O6. The molecule has 0 bridgehead atoms. The molecule has 0 amide bonds. The minimum absolute atomic E-state index is 0.0830. The Labute approximate surface area is 489 Å². The molecular weight excluding hydrogens is 973 g/mol. The molecule has 452 valence electrons. The van der Waals surface area contributed by atoms with E-state index >= 15 is 0 Å². The van der Waals surface area contributed by atoms with Crippen molar-refractivity contribution in [2.45, 2.75) is 322 Å². The van der Waals surface area contributed by atoms with Crippen LogP contribution in [0.3, 0.4) is 0 Å². The highest BCUT2D eigenvalue weighted by Crippen LogP contribution is 2.16. The zero-order chi connectivity index (χ0) is 57.1. The predicted octanol–water partition coefficient (Wildman–Crippen LogP) is 23.0. The fourth-order valence-electron chi connectivity index (χ4n) is 9.28. The number of hydrogen-bond donors (Lipinski definition) is 0. The van der Waals surface area contributed by atoms with E-state index in [0.717, 1.165) is 128 Å². The molecule has 0 aromatic carbocycles. The van der Waals surface area contributed by atoms with Crippen molar-refractivity contribution < 1.29 is 28.6 Å². The molecule has 0 saturated heterocycles. The van der Waals surface area contributed by atoms with Crippen molar-refractivity contribution in [1.82, 2.24) is 0 Å². The van der Waals surface area contributed by atoms with E-state index in [1.165, 1.54) is 148 Å². The molecule has 0 aromatic heterocycles. The molecule has 0 aliphatic carbocycles. The summed E-state index contributed by atoms with van der Waals surface area (Å²) in [5, 5.41) is 0. The number of ether oxygens (including phenoxy) is 3. The number of carbonyl (C=O) groups is 3. The van der Waals surface area contributed by atoms with Gasteiger partial charge in [0.1, 0.15) is 13.2 Å². The first-order valence-electron chi connectivity index (χ1n) is 33.4. The number of esters is 3. The summed E-state index contributed by atoms with van der Waals surface area (Å²) in [5.74, 6) is -0.898. The second-order valence-corrected chi connectivity index (χ2v) is 22.0. The minimum Gasteiger partial charge on any atom is -0.462 e. The van der Waals surface area contributed by atoms with Gasteiger partial charge in [0.05, 0.1) is 0 Å². The fraction of sp³-hybridized carbons (Fsp3) is 0.712. The maximum Gasteiger partial charge on any atom is 0.306 e. The summed E-state index contributed by atoms with van der Waals surface area (Å²) < 4.78 is 16.9. The number of rotatable bonds is 60. The third kappa shape index (κ3) is 64.8. The van der Waals surface area contributed by atoms with Gasteiger partial charge in [-0.3, -0.25) is 14.4 Å². The second kappa shape index (κ2) is 66.6. The molecule has 6 nitrogen and oxygen atoms in total. The van der Waals surface area contributed by atoms with Crippen LogP contribution in [0.15, 0.2) is 109 Å². The van der Waals surface area contributed by atoms with Gasteiger partial charge in [0.15, 0.2) is 6.10 Å². The van der Waals surface area contributed by atoms with E-state index in [1.807, 2.05) is 0 Å². The Hall–Kier alpha value is -3.93. The zero-order valence-electron chi connectivity index (χ0n) is 51.9. The summed E-state index contributed by atoms with van der Waals surface area (Å²) in [4.78, 5) is 38.2. The number of unbranched alkanes of at least 4 members (excludes halogenated alkanes) is 31. The van der Waals surface area contributed by atoms with Crippen molar-refractivity contribution in [2.24, 2.45) is 0 Å². The summed E-state index contributed by atoms with van der Waals surface area (Å²) in [6, 6.07) is 0. The predicted molar refractivity (Wildman–Crippen MR) is 343 cm³/mol. The van der Waals surface area contributed by atoms with Crippen LogP contribution in [0.1, 0.15) is 316 Å². The van der Waals surface area contributed by atoms with Crippen LogP contribution >= 0.6 is 0 Å². The van der Waals surface area contributed by atoms with Gasteiger partial charge in [-0.25, -0.2) is 0 Å². The highest BCUT2D eigenvalue weighted by atomic mass is 16.6. The van der Waals surface area contributed by atoms with Gasteiger partial charge >= 0.3 is 17.9 Å². The van der Waals surface area contributed by atoms with E-state index in [2.05, 4.69) is 130 Å². The van der Waals surface area contributed by atoms with Gasteiger partial charge in [-0.1, -0.05) is 297 Å². The van der Waals surface area contributed by atoms with E-state index in [4.69, 9.17) is 14.2 Å². The standard InChI is InChI=1S/C73H124O6/c1-4-7-10-13-16-19-21-23-25-27-29-31-33-35-36-38-39-41-43-45-47-49-51-54-57-60-63-66-72(75)78-69-70(68-77-71(74)65-62-59-56-53-18-15-12-9-6-3)79-73(76)67-64-61-58-55-52-50-48-46-44-42-40-37-34-32-30-28-26-24-22-20-17-14-11-8-5-2/h7,10,16,19,22-25,28-31,35-36,39,41,45,47,70H,4-6,8-9,11-15,17-18,20-21,26-27,32-34,37-38,40,42-44,46,48-69H2,1-3H3/b10-7-,19-16-,24-22-,25-23-,30-28-,31-29-,36-35-,41-39-,47-45-. The molecule has 1 unspecified atom stereocenters. The number of allylic oxidation sites excluding steroid dienone is 18. The van der Waals surface area contributed by atoms with Gasteiger partial charge in [0.2, 0.25) is 0 Å². The first-order valence-corrected chi connectivity index (χ1v) is 33.4. The SMILES string of the molecule is CC/C=C\C/C=C\C/C=C\C/C=C\C/C=C\C/C=C\C/C=C\CCCCCCCC(=O)OCC(COC(=O)CCCCCCCCCCC)OC(=O)CCCCCCCCCCCCCCC/C=C\C/C=C\CCCCCCC. The van der Waals surface area contributed by atoms with Gasteiger partial charge in [0, 0.05) is 19.3 Å². The van der Waals surface area contributed by atoms with Crippen molar-refractivity contribution in [3.63, 3.8) is 0 Å². The topological polar surface area (TPSA) is 78.9 Å². The minimum atomic E-state index is -0.787. The van der Waals surface area contributed by atoms with Gasteiger partial charge < -0.3 is 14.2 Å². The molecule has 6 heteroatoms. The lowest BCUT2D eigenvalue weighted by molar-refractivity contribution is -0.167. The lowest BCUT2D eigenvalue weighted by Gasteiger charge is -2.18. The van der Waals surface area contributed by atoms with Crippen LogP contribution in [0.25, 0.3) is 0 Å². The summed E-state index contributed by atoms with van der Waals surface area (Å²) in [6.45, 7) is 6.50. The first kappa shape index (κ1) is 75.1. The average molecular weight is 1100 g/mol. The van der Waals surface area contributed by atoms with E-state index in [0.29, 0.717) is 19.3 Å². The van der Waals surface area contributed by atoms with Crippen molar-refractivity contribution >= 4 is 17.9 Å². The van der Waals surface area contributed by atoms with E-state index in [-0.39, 0.29) is 31.1 Å². The van der Waals surface area contributed by atoms with E-state index < -0.39 is 6.10 Å². The highest BCUT2D eigenvalue weighted by Gasteiger charge is 2.19. The Bertz CT molecular complexity index is 1590. The smallest absolute Gasteiger partial charge is 0.306 e. The summed E-state index contributed by atoms with van der Waals surface area (Å²) in [6.07, 6.45) is 91.1. The monoisotopic (exact) mass is 1100 g/mol. The normalized spacial score (nSPS) is 12.8. The second-order valence-electron chi connectivity index (χ2n) is 22.0. The van der Waals surface area contributed by atoms with Crippen LogP contribution in [0.5, 0.6) is 0 Å². The third-order valence-corrected chi connectivity index (χ3v) is 14.3. The molecule has 0 spiro atoms. The van der Waals surface area contributed by atoms with Crippen LogP contribution in [0.2, 0.25) is 0 Å². The molecule has 0 saturated carbocycles. The zero-order valence-corrected chi connectivity index (χ0v) is 51.9. The maximum absolute atomic E-state index is 12.9. The Balaban J connectivity index is 4.25. The Kier molecular flexibility index (Phi) is 63.3. The van der Waals surface area contributed by atoms with Crippen molar-refractivity contribution in [3.8, 4) is 0 Å². The average Bonchev–Trinajstić information content (AvgIpc) is 3.45. The first-order chi connectivity index (χ1) is 39.0. The van der Waals surface area contributed by atoms with Crippen molar-refractivity contribution in [1.29, 1.82) is 0 Å². The summed E-state index contributed by atoms with van der Waals surface area (Å²) >= 11 is 0. The van der Waals surface area contributed by atoms with Crippen LogP contribution in [0, 0.1) is 0 Å². The number of hydrogen-bond acceptors (Lipinski definition) is 6. The molecule has 0 N–H and O–H groups in total. The highest BCUT2D eigenvalue weighted by molar-refractivity contribution is 5.71. The van der Waals surface area contributed by atoms with Gasteiger partial charge in [-0.05, 0) is 109 Å². The molecule has 79 heavy (non-hydrogen) atoms. The molecule has 0 rings (SSSR count).